The average molecular weight is 515 g/mol. The number of aromatic nitrogens is 3. The van der Waals surface area contributed by atoms with E-state index in [2.05, 4.69) is 30.9 Å². The summed E-state index contributed by atoms with van der Waals surface area (Å²) in [5, 5.41) is 4.24. The van der Waals surface area contributed by atoms with Crippen LogP contribution in [0.1, 0.15) is 25.3 Å². The third kappa shape index (κ3) is 5.85. The van der Waals surface area contributed by atoms with Gasteiger partial charge in [-0.25, -0.2) is 17.8 Å². The van der Waals surface area contributed by atoms with Gasteiger partial charge in [0.25, 0.3) is 0 Å². The molecular formula is C25H28F2N6O2S. The Kier molecular flexibility index (Phi) is 7.22. The van der Waals surface area contributed by atoms with E-state index in [1.807, 2.05) is 18.3 Å². The van der Waals surface area contributed by atoms with Crippen molar-refractivity contribution >= 4 is 17.8 Å². The van der Waals surface area contributed by atoms with E-state index >= 15 is 0 Å². The SMILES string of the molecule is CC1(COc2c(N3CCN(SNCc4cccnc4)CC3)cnn(-c3cc(F)cc(F)c3)c2=O)CC1. The summed E-state index contributed by atoms with van der Waals surface area (Å²) < 4.78 is 40.3. The lowest BCUT2D eigenvalue weighted by Gasteiger charge is -2.35. The number of pyridine rings is 1. The molecule has 1 N–H and O–H groups in total. The van der Waals surface area contributed by atoms with Crippen LogP contribution in [0.3, 0.4) is 0 Å². The van der Waals surface area contributed by atoms with Crippen LogP contribution < -0.4 is 19.9 Å². The summed E-state index contributed by atoms with van der Waals surface area (Å²) in [7, 11) is 0. The first-order valence-corrected chi connectivity index (χ1v) is 12.7. The summed E-state index contributed by atoms with van der Waals surface area (Å²) >= 11 is 1.57. The first kappa shape index (κ1) is 24.7. The van der Waals surface area contributed by atoms with E-state index in [4.69, 9.17) is 4.74 Å². The molecule has 3 heterocycles. The Morgan fingerprint density at radius 2 is 1.86 bits per heavy atom. The molecule has 0 spiro atoms. The Bertz CT molecular complexity index is 1240. The maximum Gasteiger partial charge on any atom is 0.316 e. The summed E-state index contributed by atoms with van der Waals surface area (Å²) in [6.07, 6.45) is 7.22. The lowest BCUT2D eigenvalue weighted by Crippen LogP contribution is -2.45. The summed E-state index contributed by atoms with van der Waals surface area (Å²) in [5.41, 5.74) is 1.26. The van der Waals surface area contributed by atoms with Crippen LogP contribution in [0, 0.1) is 17.0 Å². The second-order valence-corrected chi connectivity index (χ2v) is 10.5. The Labute approximate surface area is 212 Å². The molecule has 0 atom stereocenters. The molecule has 2 aliphatic rings. The van der Waals surface area contributed by atoms with Crippen molar-refractivity contribution in [2.75, 3.05) is 37.7 Å². The van der Waals surface area contributed by atoms with Crippen LogP contribution in [0.4, 0.5) is 14.5 Å². The second-order valence-electron chi connectivity index (χ2n) is 9.49. The number of halogens is 2. The first-order valence-electron chi connectivity index (χ1n) is 11.9. The number of nitrogens with zero attached hydrogens (tertiary/aromatic N) is 5. The Hall–Kier alpha value is -3.02. The molecule has 8 nitrogen and oxygen atoms in total. The van der Waals surface area contributed by atoms with E-state index in [9.17, 15) is 13.6 Å². The Morgan fingerprint density at radius 1 is 1.11 bits per heavy atom. The van der Waals surface area contributed by atoms with Gasteiger partial charge in [0.15, 0.2) is 0 Å². The van der Waals surface area contributed by atoms with Gasteiger partial charge in [0.1, 0.15) is 17.3 Å². The van der Waals surface area contributed by atoms with Crippen molar-refractivity contribution in [3.05, 3.63) is 76.5 Å². The summed E-state index contributed by atoms with van der Waals surface area (Å²) in [6, 6.07) is 6.86. The molecule has 3 aromatic rings. The standard InChI is InChI=1S/C25H28F2N6O2S/c1-25(4-5-25)17-35-23-22(16-29-33(24(23)34)21-12-19(26)11-20(27)13-21)31-7-9-32(10-8-31)36-30-15-18-3-2-6-28-14-18/h2-3,6,11-14,16,30H,4-5,7-10,15,17H2,1H3. The Morgan fingerprint density at radius 3 is 2.53 bits per heavy atom. The van der Waals surface area contributed by atoms with Crippen molar-refractivity contribution in [2.45, 2.75) is 26.3 Å². The van der Waals surface area contributed by atoms with Crippen LogP contribution in [0.25, 0.3) is 5.69 Å². The lowest BCUT2D eigenvalue weighted by atomic mass is 10.2. The molecule has 5 rings (SSSR count). The van der Waals surface area contributed by atoms with Gasteiger partial charge in [0.05, 0.1) is 18.5 Å². The van der Waals surface area contributed by atoms with Crippen molar-refractivity contribution in [3.63, 3.8) is 0 Å². The third-order valence-electron chi connectivity index (χ3n) is 6.45. The van der Waals surface area contributed by atoms with Gasteiger partial charge in [-0.15, -0.1) is 0 Å². The zero-order chi connectivity index (χ0) is 25.1. The fourth-order valence-corrected chi connectivity index (χ4v) is 4.73. The van der Waals surface area contributed by atoms with Crippen molar-refractivity contribution in [1.29, 1.82) is 0 Å². The van der Waals surface area contributed by atoms with E-state index in [0.29, 0.717) is 31.9 Å². The first-order chi connectivity index (χ1) is 17.4. The van der Waals surface area contributed by atoms with E-state index in [1.54, 1.807) is 24.5 Å². The van der Waals surface area contributed by atoms with Gasteiger partial charge in [-0.1, -0.05) is 13.0 Å². The largest absolute Gasteiger partial charge is 0.486 e. The zero-order valence-corrected chi connectivity index (χ0v) is 20.8. The van der Waals surface area contributed by atoms with Crippen LogP contribution >= 0.6 is 12.1 Å². The fraction of sp³-hybridized carbons (Fsp3) is 0.400. The molecule has 2 aromatic heterocycles. The Balaban J connectivity index is 1.30. The minimum Gasteiger partial charge on any atom is -0.486 e. The quantitative estimate of drug-likeness (QED) is 0.435. The van der Waals surface area contributed by atoms with E-state index in [1.165, 1.54) is 0 Å². The van der Waals surface area contributed by atoms with E-state index in [0.717, 1.165) is 54.4 Å². The highest BCUT2D eigenvalue weighted by Crippen LogP contribution is 2.45. The van der Waals surface area contributed by atoms with Crippen LogP contribution in [0.2, 0.25) is 0 Å². The molecule has 2 fully saturated rings. The van der Waals surface area contributed by atoms with Crippen LogP contribution in [0.15, 0.2) is 53.7 Å². The van der Waals surface area contributed by atoms with Crippen molar-refractivity contribution in [1.82, 2.24) is 23.8 Å². The molecule has 1 aliphatic carbocycles. The molecule has 1 saturated carbocycles. The predicted octanol–water partition coefficient (Wildman–Crippen LogP) is 3.56. The normalized spacial score (nSPS) is 17.2. The molecule has 0 unspecified atom stereocenters. The number of nitrogens with one attached hydrogen (secondary N) is 1. The maximum absolute atomic E-state index is 13.8. The highest BCUT2D eigenvalue weighted by molar-refractivity contribution is 7.95. The molecular weight excluding hydrogens is 486 g/mol. The minimum absolute atomic E-state index is 0.0208. The second kappa shape index (κ2) is 10.5. The van der Waals surface area contributed by atoms with Crippen molar-refractivity contribution in [2.24, 2.45) is 5.41 Å². The minimum atomic E-state index is -0.776. The molecule has 1 aromatic carbocycles. The summed E-state index contributed by atoms with van der Waals surface area (Å²) in [6.45, 7) is 6.11. The topological polar surface area (TPSA) is 75.5 Å². The smallest absolute Gasteiger partial charge is 0.316 e. The maximum atomic E-state index is 13.8. The molecule has 0 bridgehead atoms. The number of anilines is 1. The van der Waals surface area contributed by atoms with Crippen LogP contribution in [-0.2, 0) is 6.54 Å². The highest BCUT2D eigenvalue weighted by Gasteiger charge is 2.39. The van der Waals surface area contributed by atoms with E-state index < -0.39 is 17.2 Å². The summed E-state index contributed by atoms with van der Waals surface area (Å²) in [4.78, 5) is 19.6. The average Bonchev–Trinajstić information content (AvgIpc) is 3.61. The van der Waals surface area contributed by atoms with Crippen molar-refractivity contribution in [3.8, 4) is 11.4 Å². The molecule has 1 saturated heterocycles. The van der Waals surface area contributed by atoms with Crippen molar-refractivity contribution < 1.29 is 13.5 Å². The third-order valence-corrected chi connectivity index (χ3v) is 7.34. The molecule has 0 radical (unpaired) electrons. The number of rotatable bonds is 9. The van der Waals surface area contributed by atoms with Gasteiger partial charge >= 0.3 is 5.56 Å². The van der Waals surface area contributed by atoms with E-state index in [-0.39, 0.29) is 16.9 Å². The van der Waals surface area contributed by atoms with Crippen LogP contribution in [0.5, 0.6) is 5.75 Å². The zero-order valence-electron chi connectivity index (χ0n) is 20.0. The fourth-order valence-electron chi connectivity index (χ4n) is 3.97. The van der Waals surface area contributed by atoms with Gasteiger partial charge in [-0.2, -0.15) is 9.78 Å². The number of hydrogen-bond acceptors (Lipinski definition) is 8. The lowest BCUT2D eigenvalue weighted by molar-refractivity contribution is 0.242. The molecule has 1 aliphatic heterocycles. The highest BCUT2D eigenvalue weighted by atomic mass is 32.2. The molecule has 11 heteroatoms. The van der Waals surface area contributed by atoms with Gasteiger partial charge < -0.3 is 9.64 Å². The molecule has 0 amide bonds. The van der Waals surface area contributed by atoms with Gasteiger partial charge in [0, 0.05) is 68.7 Å². The van der Waals surface area contributed by atoms with Crippen LogP contribution in [-0.4, -0.2) is 51.9 Å². The molecule has 190 valence electrons. The monoisotopic (exact) mass is 514 g/mol. The van der Waals surface area contributed by atoms with Gasteiger partial charge in [0.2, 0.25) is 5.75 Å². The number of ether oxygens (including phenoxy) is 1. The number of benzene rings is 1. The molecule has 36 heavy (non-hydrogen) atoms. The van der Waals surface area contributed by atoms with Gasteiger partial charge in [-0.05, 0) is 36.6 Å². The van der Waals surface area contributed by atoms with Gasteiger partial charge in [-0.3, -0.25) is 9.78 Å². The summed E-state index contributed by atoms with van der Waals surface area (Å²) in [5.74, 6) is -1.39. The predicted molar refractivity (Wildman–Crippen MR) is 135 cm³/mol. The number of piperazine rings is 1. The number of hydrogen-bond donors (Lipinski definition) is 1.